The van der Waals surface area contributed by atoms with Crippen molar-refractivity contribution in [2.45, 2.75) is 26.9 Å². The van der Waals surface area contributed by atoms with Gasteiger partial charge in [-0.3, -0.25) is 9.48 Å². The molecule has 0 aliphatic carbocycles. The lowest BCUT2D eigenvalue weighted by Crippen LogP contribution is -2.27. The maximum atomic E-state index is 11.8. The highest BCUT2D eigenvalue weighted by Crippen LogP contribution is 2.15. The van der Waals surface area contributed by atoms with Crippen molar-refractivity contribution in [1.82, 2.24) is 15.1 Å². The van der Waals surface area contributed by atoms with Crippen LogP contribution in [0.3, 0.4) is 0 Å². The number of aryl methyl sites for hydroxylation is 2. The van der Waals surface area contributed by atoms with Gasteiger partial charge in [0.2, 0.25) is 5.91 Å². The number of carbonyl (C=O) groups is 2. The number of carboxylic acid groups (broad SMARTS) is 1. The van der Waals surface area contributed by atoms with Gasteiger partial charge in [0.1, 0.15) is 11.4 Å². The Hall–Kier alpha value is -2.15. The topological polar surface area (TPSA) is 84.2 Å². The van der Waals surface area contributed by atoms with Crippen molar-refractivity contribution < 1.29 is 14.7 Å². The van der Waals surface area contributed by atoms with Crippen LogP contribution in [0, 0.1) is 13.8 Å². The van der Waals surface area contributed by atoms with Gasteiger partial charge < -0.3 is 10.4 Å². The monoisotopic (exact) mass is 293 g/mol. The number of nitrogens with one attached hydrogen (secondary N) is 1. The van der Waals surface area contributed by atoms with Gasteiger partial charge in [0.05, 0.1) is 12.2 Å². The second-order valence-corrected chi connectivity index (χ2v) is 5.60. The maximum Gasteiger partial charge on any atom is 0.345 e. The zero-order chi connectivity index (χ0) is 14.7. The first kappa shape index (κ1) is 14.3. The Kier molecular flexibility index (Phi) is 4.19. The first-order valence-electron chi connectivity index (χ1n) is 6.05. The molecule has 0 aromatic carbocycles. The summed E-state index contributed by atoms with van der Waals surface area (Å²) in [5, 5.41) is 15.8. The highest BCUT2D eigenvalue weighted by atomic mass is 32.1. The van der Waals surface area contributed by atoms with Crippen molar-refractivity contribution in [2.24, 2.45) is 0 Å². The van der Waals surface area contributed by atoms with E-state index in [0.717, 1.165) is 27.6 Å². The molecule has 0 spiro atoms. The van der Waals surface area contributed by atoms with E-state index in [0.29, 0.717) is 6.54 Å². The normalized spacial score (nSPS) is 10.5. The maximum absolute atomic E-state index is 11.8. The molecule has 0 saturated heterocycles. The Labute approximate surface area is 120 Å². The third kappa shape index (κ3) is 3.45. The Bertz CT molecular complexity index is 645. The standard InChI is InChI=1S/C13H15N3O3S/c1-8-5-9(2)16(15-8)7-12(17)14-6-10-3-4-11(20-10)13(18)19/h3-5H,6-7H2,1-2H3,(H,14,17)(H,18,19). The molecule has 0 radical (unpaired) electrons. The smallest absolute Gasteiger partial charge is 0.345 e. The van der Waals surface area contributed by atoms with Crippen molar-refractivity contribution in [3.8, 4) is 0 Å². The van der Waals surface area contributed by atoms with Crippen LogP contribution >= 0.6 is 11.3 Å². The van der Waals surface area contributed by atoms with Crippen molar-refractivity contribution in [1.29, 1.82) is 0 Å². The van der Waals surface area contributed by atoms with Crippen LogP contribution in [0.2, 0.25) is 0 Å². The summed E-state index contributed by atoms with van der Waals surface area (Å²) in [4.78, 5) is 23.6. The van der Waals surface area contributed by atoms with Gasteiger partial charge in [-0.2, -0.15) is 5.10 Å². The molecule has 0 aliphatic heterocycles. The lowest BCUT2D eigenvalue weighted by atomic mass is 10.4. The third-order valence-corrected chi connectivity index (χ3v) is 3.80. The van der Waals surface area contributed by atoms with E-state index in [2.05, 4.69) is 10.4 Å². The SMILES string of the molecule is Cc1cc(C)n(CC(=O)NCc2ccc(C(=O)O)s2)n1. The van der Waals surface area contributed by atoms with Crippen LogP contribution in [-0.2, 0) is 17.9 Å². The molecule has 2 aromatic heterocycles. The molecule has 7 heteroatoms. The van der Waals surface area contributed by atoms with E-state index in [1.54, 1.807) is 10.7 Å². The zero-order valence-electron chi connectivity index (χ0n) is 11.2. The number of rotatable bonds is 5. The van der Waals surface area contributed by atoms with Gasteiger partial charge in [-0.25, -0.2) is 4.79 Å². The van der Waals surface area contributed by atoms with E-state index in [1.165, 1.54) is 6.07 Å². The molecule has 0 aliphatic rings. The van der Waals surface area contributed by atoms with Gasteiger partial charge >= 0.3 is 5.97 Å². The molecule has 2 N–H and O–H groups in total. The number of aromatic carboxylic acids is 1. The van der Waals surface area contributed by atoms with Crippen LogP contribution in [0.25, 0.3) is 0 Å². The third-order valence-electron chi connectivity index (χ3n) is 2.73. The number of hydrogen-bond acceptors (Lipinski definition) is 4. The summed E-state index contributed by atoms with van der Waals surface area (Å²) in [5.74, 6) is -1.10. The highest BCUT2D eigenvalue weighted by Gasteiger charge is 2.09. The molecule has 6 nitrogen and oxygen atoms in total. The fraction of sp³-hybridized carbons (Fsp3) is 0.308. The number of aromatic nitrogens is 2. The van der Waals surface area contributed by atoms with Crippen LogP contribution in [-0.4, -0.2) is 26.8 Å². The lowest BCUT2D eigenvalue weighted by Gasteiger charge is -2.05. The van der Waals surface area contributed by atoms with E-state index < -0.39 is 5.97 Å². The Morgan fingerprint density at radius 3 is 2.70 bits per heavy atom. The number of carboxylic acids is 1. The fourth-order valence-corrected chi connectivity index (χ4v) is 2.59. The molecule has 2 aromatic rings. The molecule has 0 unspecified atom stereocenters. The predicted octanol–water partition coefficient (Wildman–Crippen LogP) is 1.58. The Balaban J connectivity index is 1.88. The molecule has 0 atom stereocenters. The van der Waals surface area contributed by atoms with Crippen LogP contribution in [0.1, 0.15) is 25.9 Å². The minimum Gasteiger partial charge on any atom is -0.477 e. The molecule has 1 amide bonds. The van der Waals surface area contributed by atoms with E-state index in [-0.39, 0.29) is 17.3 Å². The number of amides is 1. The second kappa shape index (κ2) is 5.87. The molecule has 0 bridgehead atoms. The summed E-state index contributed by atoms with van der Waals surface area (Å²) in [6.07, 6.45) is 0. The minimum absolute atomic E-state index is 0.151. The van der Waals surface area contributed by atoms with Crippen LogP contribution in [0.15, 0.2) is 18.2 Å². The van der Waals surface area contributed by atoms with Crippen molar-refractivity contribution >= 4 is 23.2 Å². The summed E-state index contributed by atoms with van der Waals surface area (Å²) in [6.45, 7) is 4.26. The Morgan fingerprint density at radius 2 is 2.15 bits per heavy atom. The van der Waals surface area contributed by atoms with E-state index in [9.17, 15) is 9.59 Å². The average molecular weight is 293 g/mol. The number of thiophene rings is 1. The van der Waals surface area contributed by atoms with Crippen LogP contribution < -0.4 is 5.32 Å². The summed E-state index contributed by atoms with van der Waals surface area (Å²) in [6, 6.07) is 5.15. The van der Waals surface area contributed by atoms with Gasteiger partial charge in [0.25, 0.3) is 0 Å². The highest BCUT2D eigenvalue weighted by molar-refractivity contribution is 7.13. The van der Waals surface area contributed by atoms with E-state index in [1.807, 2.05) is 19.9 Å². The molecule has 0 saturated carbocycles. The second-order valence-electron chi connectivity index (χ2n) is 4.43. The minimum atomic E-state index is -0.949. The van der Waals surface area contributed by atoms with E-state index >= 15 is 0 Å². The molecule has 0 fully saturated rings. The van der Waals surface area contributed by atoms with Gasteiger partial charge in [-0.1, -0.05) is 0 Å². The fourth-order valence-electron chi connectivity index (χ4n) is 1.80. The molecule has 20 heavy (non-hydrogen) atoms. The molecule has 2 heterocycles. The molecular formula is C13H15N3O3S. The van der Waals surface area contributed by atoms with Crippen molar-refractivity contribution in [3.05, 3.63) is 39.3 Å². The number of hydrogen-bond donors (Lipinski definition) is 2. The predicted molar refractivity (Wildman–Crippen MR) is 74.8 cm³/mol. The first-order valence-corrected chi connectivity index (χ1v) is 6.87. The van der Waals surface area contributed by atoms with Gasteiger partial charge in [-0.05, 0) is 32.0 Å². The molecular weight excluding hydrogens is 278 g/mol. The van der Waals surface area contributed by atoms with Crippen molar-refractivity contribution in [3.63, 3.8) is 0 Å². The van der Waals surface area contributed by atoms with E-state index in [4.69, 9.17) is 5.11 Å². The number of nitrogens with zero attached hydrogens (tertiary/aromatic N) is 2. The lowest BCUT2D eigenvalue weighted by molar-refractivity contribution is -0.122. The molecule has 2 rings (SSSR count). The van der Waals surface area contributed by atoms with Gasteiger partial charge in [-0.15, -0.1) is 11.3 Å². The summed E-state index contributed by atoms with van der Waals surface area (Å²) >= 11 is 1.16. The quantitative estimate of drug-likeness (QED) is 0.876. The summed E-state index contributed by atoms with van der Waals surface area (Å²) < 4.78 is 1.64. The Morgan fingerprint density at radius 1 is 1.40 bits per heavy atom. The summed E-state index contributed by atoms with van der Waals surface area (Å²) in [7, 11) is 0. The van der Waals surface area contributed by atoms with Crippen LogP contribution in [0.4, 0.5) is 0 Å². The van der Waals surface area contributed by atoms with Crippen LogP contribution in [0.5, 0.6) is 0 Å². The first-order chi connectivity index (χ1) is 9.45. The zero-order valence-corrected chi connectivity index (χ0v) is 12.0. The summed E-state index contributed by atoms with van der Waals surface area (Å²) in [5.41, 5.74) is 1.81. The average Bonchev–Trinajstić information content (AvgIpc) is 2.94. The van der Waals surface area contributed by atoms with Crippen molar-refractivity contribution in [2.75, 3.05) is 0 Å². The molecule has 106 valence electrons. The largest absolute Gasteiger partial charge is 0.477 e. The van der Waals surface area contributed by atoms with Gasteiger partial charge in [0, 0.05) is 10.6 Å². The van der Waals surface area contributed by atoms with Gasteiger partial charge in [0.15, 0.2) is 0 Å². The number of carbonyl (C=O) groups excluding carboxylic acids is 1.